The number of rotatable bonds is 4. The lowest BCUT2D eigenvalue weighted by Crippen LogP contribution is -2.15. The van der Waals surface area contributed by atoms with Gasteiger partial charge in [-0.15, -0.1) is 0 Å². The molecule has 0 saturated carbocycles. The lowest BCUT2D eigenvalue weighted by molar-refractivity contribution is 0.381. The molecule has 1 aromatic carbocycles. The zero-order chi connectivity index (χ0) is 14.9. The van der Waals surface area contributed by atoms with Gasteiger partial charge in [-0.05, 0) is 12.5 Å². The second-order valence-corrected chi connectivity index (χ2v) is 4.15. The van der Waals surface area contributed by atoms with E-state index in [2.05, 4.69) is 10.4 Å². The molecule has 3 nitrogen and oxygen atoms in total. The first kappa shape index (κ1) is 14.3. The van der Waals surface area contributed by atoms with Crippen LogP contribution in [0.25, 0.3) is 0 Å². The maximum atomic E-state index is 13.3. The van der Waals surface area contributed by atoms with Crippen LogP contribution < -0.4 is 5.32 Å². The first-order valence-corrected chi connectivity index (χ1v) is 5.66. The van der Waals surface area contributed by atoms with E-state index in [1.54, 1.807) is 19.3 Å². The number of nitrogens with zero attached hydrogens (tertiary/aromatic N) is 2. The minimum atomic E-state index is -2.17. The van der Waals surface area contributed by atoms with Crippen LogP contribution in [0.4, 0.5) is 27.6 Å². The van der Waals surface area contributed by atoms with Crippen molar-refractivity contribution in [2.75, 3.05) is 11.9 Å². The normalized spacial score (nSPS) is 10.9. The number of aromatic nitrogens is 2. The van der Waals surface area contributed by atoms with E-state index in [9.17, 15) is 22.0 Å². The smallest absolute Gasteiger partial charge is 0.200 e. The highest BCUT2D eigenvalue weighted by molar-refractivity contribution is 5.47. The van der Waals surface area contributed by atoms with Gasteiger partial charge in [0.15, 0.2) is 23.3 Å². The van der Waals surface area contributed by atoms with Crippen LogP contribution in [0.3, 0.4) is 0 Å². The van der Waals surface area contributed by atoms with Crippen LogP contribution >= 0.6 is 0 Å². The summed E-state index contributed by atoms with van der Waals surface area (Å²) in [6.45, 7) is 1.98. The molecule has 2 rings (SSSR count). The SMILES string of the molecule is Cc1cnn(CCNc2c(F)c(F)c(F)c(F)c2F)c1. The number of aryl methyl sites for hydroxylation is 1. The van der Waals surface area contributed by atoms with E-state index in [1.165, 1.54) is 4.68 Å². The molecule has 20 heavy (non-hydrogen) atoms. The number of halogens is 5. The van der Waals surface area contributed by atoms with Crippen molar-refractivity contribution < 1.29 is 22.0 Å². The highest BCUT2D eigenvalue weighted by Crippen LogP contribution is 2.26. The predicted molar refractivity (Wildman–Crippen MR) is 61.7 cm³/mol. The van der Waals surface area contributed by atoms with Gasteiger partial charge in [0.05, 0.1) is 12.7 Å². The Bertz CT molecular complexity index is 609. The van der Waals surface area contributed by atoms with E-state index in [0.29, 0.717) is 0 Å². The molecule has 0 spiro atoms. The third-order valence-electron chi connectivity index (χ3n) is 2.61. The van der Waals surface area contributed by atoms with Crippen molar-refractivity contribution in [1.82, 2.24) is 9.78 Å². The third kappa shape index (κ3) is 2.59. The Morgan fingerprint density at radius 1 is 1.00 bits per heavy atom. The number of hydrogen-bond donors (Lipinski definition) is 1. The summed E-state index contributed by atoms with van der Waals surface area (Å²) in [5, 5.41) is 6.11. The largest absolute Gasteiger partial charge is 0.378 e. The zero-order valence-electron chi connectivity index (χ0n) is 10.4. The number of anilines is 1. The first-order valence-electron chi connectivity index (χ1n) is 5.66. The Morgan fingerprint density at radius 3 is 2.05 bits per heavy atom. The van der Waals surface area contributed by atoms with Crippen molar-refractivity contribution in [1.29, 1.82) is 0 Å². The summed E-state index contributed by atoms with van der Waals surface area (Å²) in [4.78, 5) is 0. The molecule has 0 aliphatic carbocycles. The van der Waals surface area contributed by atoms with Gasteiger partial charge in [0.2, 0.25) is 5.82 Å². The molecule has 0 bridgehead atoms. The van der Waals surface area contributed by atoms with Gasteiger partial charge in [-0.3, -0.25) is 4.68 Å². The van der Waals surface area contributed by atoms with Crippen molar-refractivity contribution in [2.24, 2.45) is 0 Å². The van der Waals surface area contributed by atoms with Gasteiger partial charge in [-0.2, -0.15) is 5.10 Å². The lowest BCUT2D eigenvalue weighted by atomic mass is 10.2. The van der Waals surface area contributed by atoms with Crippen molar-refractivity contribution in [3.63, 3.8) is 0 Å². The van der Waals surface area contributed by atoms with E-state index < -0.39 is 34.8 Å². The second-order valence-electron chi connectivity index (χ2n) is 4.15. The van der Waals surface area contributed by atoms with E-state index in [0.717, 1.165) is 5.56 Å². The van der Waals surface area contributed by atoms with Crippen molar-refractivity contribution in [3.8, 4) is 0 Å². The Kier molecular flexibility index (Phi) is 3.91. The molecule has 1 aromatic heterocycles. The van der Waals surface area contributed by atoms with Crippen LogP contribution in [-0.4, -0.2) is 16.3 Å². The lowest BCUT2D eigenvalue weighted by Gasteiger charge is -2.10. The van der Waals surface area contributed by atoms with Crippen molar-refractivity contribution >= 4 is 5.69 Å². The van der Waals surface area contributed by atoms with Crippen LogP contribution in [0.5, 0.6) is 0 Å². The zero-order valence-corrected chi connectivity index (χ0v) is 10.4. The van der Waals surface area contributed by atoms with Crippen molar-refractivity contribution in [3.05, 3.63) is 47.0 Å². The minimum Gasteiger partial charge on any atom is -0.378 e. The molecule has 0 atom stereocenters. The van der Waals surface area contributed by atoms with Gasteiger partial charge >= 0.3 is 0 Å². The summed E-state index contributed by atoms with van der Waals surface area (Å²) >= 11 is 0. The Balaban J connectivity index is 2.13. The van der Waals surface area contributed by atoms with Gasteiger partial charge < -0.3 is 5.32 Å². The maximum absolute atomic E-state index is 13.3. The summed E-state index contributed by atoms with van der Waals surface area (Å²) in [6.07, 6.45) is 3.26. The van der Waals surface area contributed by atoms with Gasteiger partial charge in [-0.1, -0.05) is 0 Å². The average Bonchev–Trinajstić information content (AvgIpc) is 2.84. The Hall–Kier alpha value is -2.12. The van der Waals surface area contributed by atoms with Gasteiger partial charge in [0.25, 0.3) is 0 Å². The fourth-order valence-corrected chi connectivity index (χ4v) is 1.64. The molecule has 0 radical (unpaired) electrons. The molecule has 1 N–H and O–H groups in total. The second kappa shape index (κ2) is 5.48. The standard InChI is InChI=1S/C12H10F5N3/c1-6-4-19-20(5-6)3-2-18-12-10(16)8(14)7(13)9(15)11(12)17/h4-5,18H,2-3H2,1H3. The quantitative estimate of drug-likeness (QED) is 0.533. The van der Waals surface area contributed by atoms with Gasteiger partial charge in [0, 0.05) is 12.7 Å². The number of nitrogens with one attached hydrogen (secondary N) is 1. The molecular formula is C12H10F5N3. The molecule has 0 saturated heterocycles. The molecule has 0 fully saturated rings. The third-order valence-corrected chi connectivity index (χ3v) is 2.61. The number of hydrogen-bond acceptors (Lipinski definition) is 2. The summed E-state index contributed by atoms with van der Waals surface area (Å²) in [5.41, 5.74) is -0.147. The summed E-state index contributed by atoms with van der Waals surface area (Å²) in [7, 11) is 0. The molecular weight excluding hydrogens is 281 g/mol. The topological polar surface area (TPSA) is 29.9 Å². The maximum Gasteiger partial charge on any atom is 0.200 e. The number of benzene rings is 1. The highest BCUT2D eigenvalue weighted by Gasteiger charge is 2.25. The fourth-order valence-electron chi connectivity index (χ4n) is 1.64. The first-order chi connectivity index (χ1) is 9.41. The predicted octanol–water partition coefficient (Wildman–Crippen LogP) is 3.00. The Morgan fingerprint density at radius 2 is 1.55 bits per heavy atom. The average molecular weight is 291 g/mol. The molecule has 0 amide bonds. The molecule has 2 aromatic rings. The van der Waals surface area contributed by atoms with E-state index in [4.69, 9.17) is 0 Å². The Labute approximate surface area is 111 Å². The highest BCUT2D eigenvalue weighted by atomic mass is 19.2. The van der Waals surface area contributed by atoms with Gasteiger partial charge in [-0.25, -0.2) is 22.0 Å². The fraction of sp³-hybridized carbons (Fsp3) is 0.250. The van der Waals surface area contributed by atoms with Gasteiger partial charge in [0.1, 0.15) is 5.69 Å². The van der Waals surface area contributed by atoms with Crippen LogP contribution in [-0.2, 0) is 6.54 Å². The van der Waals surface area contributed by atoms with E-state index >= 15 is 0 Å². The van der Waals surface area contributed by atoms with Crippen molar-refractivity contribution in [2.45, 2.75) is 13.5 Å². The van der Waals surface area contributed by atoms with Crippen LogP contribution in [0, 0.1) is 36.0 Å². The molecule has 0 aliphatic heterocycles. The molecule has 108 valence electrons. The summed E-state index contributed by atoms with van der Waals surface area (Å²) in [5.74, 6) is -9.87. The monoisotopic (exact) mass is 291 g/mol. The molecule has 1 heterocycles. The molecule has 8 heteroatoms. The van der Waals surface area contributed by atoms with Crippen LogP contribution in [0.1, 0.15) is 5.56 Å². The van der Waals surface area contributed by atoms with Crippen LogP contribution in [0.2, 0.25) is 0 Å². The van der Waals surface area contributed by atoms with E-state index in [1.807, 2.05) is 0 Å². The molecule has 0 aliphatic rings. The molecule has 0 unspecified atom stereocenters. The summed E-state index contributed by atoms with van der Waals surface area (Å²) in [6, 6.07) is 0. The minimum absolute atomic E-state index is 0.0422. The van der Waals surface area contributed by atoms with Crippen LogP contribution in [0.15, 0.2) is 12.4 Å². The summed E-state index contributed by atoms with van der Waals surface area (Å²) < 4.78 is 66.8. The van der Waals surface area contributed by atoms with E-state index in [-0.39, 0.29) is 13.1 Å².